The molecule has 0 amide bonds. The van der Waals surface area contributed by atoms with E-state index < -0.39 is 0 Å². The average Bonchev–Trinajstić information content (AvgIpc) is 2.92. The molecule has 3 rings (SSSR count). The fraction of sp³-hybridized carbons (Fsp3) is 0.615. The van der Waals surface area contributed by atoms with E-state index in [0.717, 1.165) is 5.82 Å². The van der Waals surface area contributed by atoms with E-state index in [1.165, 1.54) is 38.5 Å². The van der Waals surface area contributed by atoms with E-state index in [-0.39, 0.29) is 0 Å². The summed E-state index contributed by atoms with van der Waals surface area (Å²) in [5.74, 6) is 1.92. The average molecular weight is 261 g/mol. The van der Waals surface area contributed by atoms with Gasteiger partial charge in [0.15, 0.2) is 5.82 Å². The molecule has 0 spiro atoms. The van der Waals surface area contributed by atoms with Gasteiger partial charge in [-0.3, -0.25) is 4.68 Å². The van der Waals surface area contributed by atoms with E-state index in [1.807, 2.05) is 0 Å². The smallest absolute Gasteiger partial charge is 0.248 e. The molecule has 2 aromatic heterocycles. The first-order valence-corrected chi connectivity index (χ1v) is 6.91. The highest BCUT2D eigenvalue weighted by molar-refractivity contribution is 5.30. The summed E-state index contributed by atoms with van der Waals surface area (Å²) in [6.45, 7) is 0.483. The third-order valence-electron chi connectivity index (χ3n) is 3.65. The summed E-state index contributed by atoms with van der Waals surface area (Å²) >= 11 is 0. The van der Waals surface area contributed by atoms with Gasteiger partial charge in [-0.1, -0.05) is 30.8 Å². The lowest BCUT2D eigenvalue weighted by Crippen LogP contribution is -2.02. The Kier molecular flexibility index (Phi) is 3.48. The molecular formula is C13H19N5O. The van der Waals surface area contributed by atoms with Crippen molar-refractivity contribution in [2.45, 2.75) is 51.0 Å². The predicted octanol–water partition coefficient (Wildman–Crippen LogP) is 2.33. The number of hydrogen-bond acceptors (Lipinski definition) is 5. The Balaban J connectivity index is 1.68. The standard InChI is InChI=1S/C13H19N5O/c14-11-7-15-18(8-11)9-12-16-13(17-19-12)10-5-3-1-2-4-6-10/h7-8,10H,1-6,9,14H2. The minimum Gasteiger partial charge on any atom is -0.396 e. The number of nitrogen functional groups attached to an aromatic ring is 1. The molecule has 102 valence electrons. The van der Waals surface area contributed by atoms with Gasteiger partial charge in [0, 0.05) is 12.1 Å². The summed E-state index contributed by atoms with van der Waals surface area (Å²) in [7, 11) is 0. The topological polar surface area (TPSA) is 82.8 Å². The Labute approximate surface area is 112 Å². The van der Waals surface area contributed by atoms with Crippen molar-refractivity contribution in [3.8, 4) is 0 Å². The Morgan fingerprint density at radius 3 is 2.74 bits per heavy atom. The van der Waals surface area contributed by atoms with Crippen LogP contribution < -0.4 is 5.73 Å². The van der Waals surface area contributed by atoms with Gasteiger partial charge >= 0.3 is 0 Å². The first-order chi connectivity index (χ1) is 9.31. The number of nitrogens with zero attached hydrogens (tertiary/aromatic N) is 4. The van der Waals surface area contributed by atoms with Crippen LogP contribution in [0.25, 0.3) is 0 Å². The van der Waals surface area contributed by atoms with E-state index >= 15 is 0 Å². The van der Waals surface area contributed by atoms with E-state index in [9.17, 15) is 0 Å². The fourth-order valence-electron chi connectivity index (χ4n) is 2.64. The van der Waals surface area contributed by atoms with Crippen LogP contribution in [-0.4, -0.2) is 19.9 Å². The van der Waals surface area contributed by atoms with Gasteiger partial charge in [0.2, 0.25) is 5.89 Å². The van der Waals surface area contributed by atoms with Crippen LogP contribution in [0, 0.1) is 0 Å². The van der Waals surface area contributed by atoms with Crippen LogP contribution in [0.5, 0.6) is 0 Å². The zero-order valence-electron chi connectivity index (χ0n) is 11.0. The zero-order valence-corrected chi connectivity index (χ0v) is 11.0. The predicted molar refractivity (Wildman–Crippen MR) is 70.5 cm³/mol. The summed E-state index contributed by atoms with van der Waals surface area (Å²) in [5, 5.41) is 8.24. The summed E-state index contributed by atoms with van der Waals surface area (Å²) < 4.78 is 7.02. The summed E-state index contributed by atoms with van der Waals surface area (Å²) in [5.41, 5.74) is 6.26. The third kappa shape index (κ3) is 2.94. The lowest BCUT2D eigenvalue weighted by molar-refractivity contribution is 0.356. The molecule has 1 aliphatic rings. The molecule has 1 saturated carbocycles. The molecule has 1 aliphatic carbocycles. The molecule has 0 unspecified atom stereocenters. The van der Waals surface area contributed by atoms with Crippen molar-refractivity contribution in [1.82, 2.24) is 19.9 Å². The number of hydrogen-bond donors (Lipinski definition) is 1. The number of aromatic nitrogens is 4. The molecule has 6 heteroatoms. The SMILES string of the molecule is Nc1cnn(Cc2nc(C3CCCCCC3)no2)c1. The third-order valence-corrected chi connectivity index (χ3v) is 3.65. The van der Waals surface area contributed by atoms with Gasteiger partial charge in [0.05, 0.1) is 11.9 Å². The number of rotatable bonds is 3. The number of anilines is 1. The quantitative estimate of drug-likeness (QED) is 0.857. The lowest BCUT2D eigenvalue weighted by Gasteiger charge is -2.07. The summed E-state index contributed by atoms with van der Waals surface area (Å²) in [6.07, 6.45) is 10.9. The second kappa shape index (κ2) is 5.42. The molecule has 2 N–H and O–H groups in total. The summed E-state index contributed by atoms with van der Waals surface area (Å²) in [6, 6.07) is 0. The van der Waals surface area contributed by atoms with Gasteiger partial charge in [-0.15, -0.1) is 0 Å². The van der Waals surface area contributed by atoms with Gasteiger partial charge in [-0.25, -0.2) is 0 Å². The van der Waals surface area contributed by atoms with Crippen molar-refractivity contribution in [3.63, 3.8) is 0 Å². The van der Waals surface area contributed by atoms with Gasteiger partial charge in [-0.2, -0.15) is 10.1 Å². The van der Waals surface area contributed by atoms with Crippen molar-refractivity contribution >= 4 is 5.69 Å². The second-order valence-corrected chi connectivity index (χ2v) is 5.21. The van der Waals surface area contributed by atoms with Gasteiger partial charge < -0.3 is 10.3 Å². The minimum absolute atomic E-state index is 0.461. The largest absolute Gasteiger partial charge is 0.396 e. The molecule has 0 atom stereocenters. The lowest BCUT2D eigenvalue weighted by atomic mass is 10.00. The molecule has 6 nitrogen and oxygen atoms in total. The van der Waals surface area contributed by atoms with E-state index in [4.69, 9.17) is 10.3 Å². The Hall–Kier alpha value is -1.85. The van der Waals surface area contributed by atoms with Crippen LogP contribution in [-0.2, 0) is 6.54 Å². The van der Waals surface area contributed by atoms with Crippen LogP contribution in [0.4, 0.5) is 5.69 Å². The molecular weight excluding hydrogens is 242 g/mol. The van der Waals surface area contributed by atoms with Gasteiger partial charge in [-0.05, 0) is 12.8 Å². The first-order valence-electron chi connectivity index (χ1n) is 6.91. The molecule has 0 saturated heterocycles. The second-order valence-electron chi connectivity index (χ2n) is 5.21. The highest BCUT2D eigenvalue weighted by atomic mass is 16.5. The Bertz CT molecular complexity index is 525. The van der Waals surface area contributed by atoms with Crippen LogP contribution in [0.15, 0.2) is 16.9 Å². The fourth-order valence-corrected chi connectivity index (χ4v) is 2.64. The maximum atomic E-state index is 5.62. The molecule has 1 fully saturated rings. The van der Waals surface area contributed by atoms with Crippen molar-refractivity contribution in [1.29, 1.82) is 0 Å². The maximum absolute atomic E-state index is 5.62. The monoisotopic (exact) mass is 261 g/mol. The summed E-state index contributed by atoms with van der Waals surface area (Å²) in [4.78, 5) is 4.50. The van der Waals surface area contributed by atoms with E-state index in [1.54, 1.807) is 17.1 Å². The molecule has 2 aromatic rings. The maximum Gasteiger partial charge on any atom is 0.248 e. The molecule has 0 bridgehead atoms. The Morgan fingerprint density at radius 2 is 2.05 bits per heavy atom. The van der Waals surface area contributed by atoms with E-state index in [2.05, 4.69) is 15.2 Å². The normalized spacial score (nSPS) is 17.5. The molecule has 2 heterocycles. The van der Waals surface area contributed by atoms with Gasteiger partial charge in [0.1, 0.15) is 6.54 Å². The van der Waals surface area contributed by atoms with Crippen LogP contribution in [0.1, 0.15) is 56.2 Å². The first kappa shape index (κ1) is 12.2. The van der Waals surface area contributed by atoms with Crippen molar-refractivity contribution in [3.05, 3.63) is 24.1 Å². The molecule has 0 aliphatic heterocycles. The van der Waals surface area contributed by atoms with Crippen LogP contribution >= 0.6 is 0 Å². The van der Waals surface area contributed by atoms with Gasteiger partial charge in [0.25, 0.3) is 0 Å². The highest BCUT2D eigenvalue weighted by Crippen LogP contribution is 2.29. The van der Waals surface area contributed by atoms with Crippen molar-refractivity contribution in [2.24, 2.45) is 0 Å². The number of nitrogens with two attached hydrogens (primary N) is 1. The van der Waals surface area contributed by atoms with Crippen molar-refractivity contribution < 1.29 is 4.52 Å². The van der Waals surface area contributed by atoms with Crippen LogP contribution in [0.3, 0.4) is 0 Å². The Morgan fingerprint density at radius 1 is 1.26 bits per heavy atom. The van der Waals surface area contributed by atoms with Crippen LogP contribution in [0.2, 0.25) is 0 Å². The van der Waals surface area contributed by atoms with Crippen molar-refractivity contribution in [2.75, 3.05) is 5.73 Å². The zero-order chi connectivity index (χ0) is 13.1. The molecule has 0 radical (unpaired) electrons. The molecule has 19 heavy (non-hydrogen) atoms. The highest BCUT2D eigenvalue weighted by Gasteiger charge is 2.20. The molecule has 0 aromatic carbocycles. The minimum atomic E-state index is 0.461. The van der Waals surface area contributed by atoms with E-state index in [0.29, 0.717) is 24.0 Å².